The van der Waals surface area contributed by atoms with Gasteiger partial charge in [-0.05, 0) is 12.1 Å². The van der Waals surface area contributed by atoms with Crippen LogP contribution in [-0.4, -0.2) is 17.0 Å². The summed E-state index contributed by atoms with van der Waals surface area (Å²) in [7, 11) is 0. The molecule has 0 saturated heterocycles. The maximum atomic E-state index is 12.9. The lowest BCUT2D eigenvalue weighted by Gasteiger charge is -2.05. The fourth-order valence-corrected chi connectivity index (χ4v) is 1.11. The van der Waals surface area contributed by atoms with Gasteiger partial charge in [0, 0.05) is 0 Å². The number of carbonyl (C=O) groups is 2. The number of aliphatic carboxylic acids is 1. The molecule has 1 aromatic rings. The predicted octanol–water partition coefficient (Wildman–Crippen LogP) is 1.89. The first kappa shape index (κ1) is 11.5. The molecular formula is C9H7ClFNO3. The first-order valence-corrected chi connectivity index (χ1v) is 4.34. The van der Waals surface area contributed by atoms with Crippen molar-refractivity contribution in [2.75, 3.05) is 5.32 Å². The second kappa shape index (κ2) is 4.75. The van der Waals surface area contributed by atoms with Crippen LogP contribution in [0, 0.1) is 5.82 Å². The van der Waals surface area contributed by atoms with Crippen LogP contribution in [0.3, 0.4) is 0 Å². The zero-order valence-corrected chi connectivity index (χ0v) is 8.21. The highest BCUT2D eigenvalue weighted by Crippen LogP contribution is 2.24. The minimum absolute atomic E-state index is 0.0583. The number of hydrogen-bond acceptors (Lipinski definition) is 2. The van der Waals surface area contributed by atoms with E-state index in [2.05, 4.69) is 5.32 Å². The minimum atomic E-state index is -1.26. The Labute approximate surface area is 89.7 Å². The largest absolute Gasteiger partial charge is 0.481 e. The Hall–Kier alpha value is -1.62. The molecule has 0 fully saturated rings. The van der Waals surface area contributed by atoms with Gasteiger partial charge in [-0.2, -0.15) is 0 Å². The molecule has 0 radical (unpaired) electrons. The van der Waals surface area contributed by atoms with E-state index in [1.165, 1.54) is 12.1 Å². The van der Waals surface area contributed by atoms with Crippen LogP contribution >= 0.6 is 11.6 Å². The monoisotopic (exact) mass is 231 g/mol. The Morgan fingerprint density at radius 1 is 1.47 bits per heavy atom. The molecule has 0 atom stereocenters. The molecule has 0 bridgehead atoms. The van der Waals surface area contributed by atoms with E-state index < -0.39 is 24.1 Å². The molecule has 0 heterocycles. The number of rotatable bonds is 3. The van der Waals surface area contributed by atoms with Crippen molar-refractivity contribution in [1.29, 1.82) is 0 Å². The third-order valence-corrected chi connectivity index (χ3v) is 1.92. The van der Waals surface area contributed by atoms with Gasteiger partial charge in [-0.3, -0.25) is 9.59 Å². The third kappa shape index (κ3) is 3.21. The van der Waals surface area contributed by atoms with E-state index >= 15 is 0 Å². The van der Waals surface area contributed by atoms with Gasteiger partial charge in [0.25, 0.3) is 0 Å². The van der Waals surface area contributed by atoms with E-state index in [9.17, 15) is 14.0 Å². The van der Waals surface area contributed by atoms with Gasteiger partial charge in [-0.25, -0.2) is 4.39 Å². The summed E-state index contributed by atoms with van der Waals surface area (Å²) in [5, 5.41) is 10.3. The lowest BCUT2D eigenvalue weighted by Crippen LogP contribution is -2.16. The summed E-state index contributed by atoms with van der Waals surface area (Å²) in [6.07, 6.45) is -0.688. The van der Waals surface area contributed by atoms with Crippen molar-refractivity contribution in [2.45, 2.75) is 6.42 Å². The standard InChI is InChI=1S/C9H7ClFNO3/c10-9-5(11)2-1-3-6(9)12-7(13)4-8(14)15/h1-3H,4H2,(H,12,13)(H,14,15). The van der Waals surface area contributed by atoms with Gasteiger partial charge in [-0.1, -0.05) is 17.7 Å². The molecule has 1 rings (SSSR count). The van der Waals surface area contributed by atoms with Gasteiger partial charge >= 0.3 is 5.97 Å². The summed E-state index contributed by atoms with van der Waals surface area (Å²) >= 11 is 5.54. The van der Waals surface area contributed by atoms with E-state index in [0.717, 1.165) is 6.07 Å². The van der Waals surface area contributed by atoms with Crippen LogP contribution in [0.5, 0.6) is 0 Å². The smallest absolute Gasteiger partial charge is 0.312 e. The highest BCUT2D eigenvalue weighted by atomic mass is 35.5. The average Bonchev–Trinajstić information content (AvgIpc) is 2.11. The summed E-state index contributed by atoms with van der Waals surface area (Å²) in [4.78, 5) is 21.2. The second-order valence-corrected chi connectivity index (χ2v) is 3.10. The summed E-state index contributed by atoms with van der Waals surface area (Å²) < 4.78 is 12.9. The van der Waals surface area contributed by atoms with Crippen LogP contribution in [0.15, 0.2) is 18.2 Å². The number of amides is 1. The van der Waals surface area contributed by atoms with Crippen molar-refractivity contribution < 1.29 is 19.1 Å². The Morgan fingerprint density at radius 3 is 2.73 bits per heavy atom. The maximum Gasteiger partial charge on any atom is 0.312 e. The summed E-state index contributed by atoms with van der Waals surface area (Å²) in [5.41, 5.74) is 0.0583. The molecule has 0 unspecified atom stereocenters. The van der Waals surface area contributed by atoms with Crippen molar-refractivity contribution in [3.05, 3.63) is 29.0 Å². The van der Waals surface area contributed by atoms with Crippen molar-refractivity contribution in [2.24, 2.45) is 0 Å². The molecule has 6 heteroatoms. The second-order valence-electron chi connectivity index (χ2n) is 2.72. The van der Waals surface area contributed by atoms with E-state index in [0.29, 0.717) is 0 Å². The molecule has 0 aromatic heterocycles. The van der Waals surface area contributed by atoms with Gasteiger partial charge < -0.3 is 10.4 Å². The molecule has 0 saturated carbocycles. The van der Waals surface area contributed by atoms with Gasteiger partial charge in [-0.15, -0.1) is 0 Å². The van der Waals surface area contributed by atoms with Gasteiger partial charge in [0.05, 0.1) is 10.7 Å². The predicted molar refractivity (Wildman–Crippen MR) is 52.3 cm³/mol. The van der Waals surface area contributed by atoms with Gasteiger partial charge in [0.15, 0.2) is 0 Å². The highest BCUT2D eigenvalue weighted by Gasteiger charge is 2.11. The molecular weight excluding hydrogens is 225 g/mol. The maximum absolute atomic E-state index is 12.9. The highest BCUT2D eigenvalue weighted by molar-refractivity contribution is 6.33. The van der Waals surface area contributed by atoms with Crippen LogP contribution in [0.1, 0.15) is 6.42 Å². The first-order chi connectivity index (χ1) is 7.00. The van der Waals surface area contributed by atoms with Crippen LogP contribution < -0.4 is 5.32 Å². The van der Waals surface area contributed by atoms with E-state index in [1.54, 1.807) is 0 Å². The van der Waals surface area contributed by atoms with Gasteiger partial charge in [0.1, 0.15) is 12.2 Å². The number of halogens is 2. The molecule has 0 aliphatic carbocycles. The van der Waals surface area contributed by atoms with Gasteiger partial charge in [0.2, 0.25) is 5.91 Å². The van der Waals surface area contributed by atoms with Crippen molar-refractivity contribution >= 4 is 29.2 Å². The molecule has 1 aromatic carbocycles. The molecule has 0 aliphatic heterocycles. The number of benzene rings is 1. The Bertz CT molecular complexity index is 408. The summed E-state index contributed by atoms with van der Waals surface area (Å²) in [6.45, 7) is 0. The third-order valence-electron chi connectivity index (χ3n) is 1.54. The molecule has 1 amide bonds. The molecule has 0 aliphatic rings. The van der Waals surface area contributed by atoms with E-state index in [4.69, 9.17) is 16.7 Å². The Kier molecular flexibility index (Phi) is 3.62. The van der Waals surface area contributed by atoms with Crippen LogP contribution in [0.2, 0.25) is 5.02 Å². The minimum Gasteiger partial charge on any atom is -0.481 e. The van der Waals surface area contributed by atoms with Crippen molar-refractivity contribution in [3.8, 4) is 0 Å². The zero-order chi connectivity index (χ0) is 11.4. The topological polar surface area (TPSA) is 66.4 Å². The molecule has 15 heavy (non-hydrogen) atoms. The fourth-order valence-electron chi connectivity index (χ4n) is 0.932. The first-order valence-electron chi connectivity index (χ1n) is 3.96. The molecule has 0 spiro atoms. The van der Waals surface area contributed by atoms with E-state index in [1.807, 2.05) is 0 Å². The fraction of sp³-hybridized carbons (Fsp3) is 0.111. The summed E-state index contributed by atoms with van der Waals surface area (Å²) in [5.74, 6) is -2.69. The number of carboxylic acids is 1. The Morgan fingerprint density at radius 2 is 2.13 bits per heavy atom. The number of nitrogens with one attached hydrogen (secondary N) is 1. The SMILES string of the molecule is O=C(O)CC(=O)Nc1cccc(F)c1Cl. The normalized spacial score (nSPS) is 9.73. The zero-order valence-electron chi connectivity index (χ0n) is 7.46. The summed E-state index contributed by atoms with van der Waals surface area (Å²) in [6, 6.07) is 3.87. The molecule has 80 valence electrons. The molecule has 4 nitrogen and oxygen atoms in total. The quantitative estimate of drug-likeness (QED) is 0.781. The lowest BCUT2D eigenvalue weighted by molar-refractivity contribution is -0.139. The van der Waals surface area contributed by atoms with E-state index in [-0.39, 0.29) is 10.7 Å². The van der Waals surface area contributed by atoms with Crippen LogP contribution in [0.4, 0.5) is 10.1 Å². The molecule has 2 N–H and O–H groups in total. The average molecular weight is 232 g/mol. The number of anilines is 1. The Balaban J connectivity index is 2.77. The lowest BCUT2D eigenvalue weighted by atomic mass is 10.3. The number of hydrogen-bond donors (Lipinski definition) is 2. The number of carboxylic acid groups (broad SMARTS) is 1. The van der Waals surface area contributed by atoms with Crippen LogP contribution in [0.25, 0.3) is 0 Å². The number of carbonyl (C=O) groups excluding carboxylic acids is 1. The van der Waals surface area contributed by atoms with Crippen molar-refractivity contribution in [3.63, 3.8) is 0 Å². The van der Waals surface area contributed by atoms with Crippen LogP contribution in [-0.2, 0) is 9.59 Å². The van der Waals surface area contributed by atoms with Crippen molar-refractivity contribution in [1.82, 2.24) is 0 Å².